The molecular weight excluding hydrogens is 246 g/mol. The number of rotatable bonds is 6. The number of nitrogens with one attached hydrogen (secondary N) is 1. The molecule has 1 aliphatic rings. The number of benzene rings is 2. The van der Waals surface area contributed by atoms with Crippen LogP contribution in [0.25, 0.3) is 0 Å². The minimum atomic E-state index is 0.335. The molecule has 0 aromatic heterocycles. The maximum absolute atomic E-state index is 9.28. The number of aromatic hydroxyl groups is 1. The fourth-order valence-corrected chi connectivity index (χ4v) is 2.68. The fraction of sp³-hybridized carbons (Fsp3) is 0.333. The average Bonchev–Trinajstić information content (AvgIpc) is 3.31. The standard InChI is InChI=1S/C18H21NO/c20-17-10-6-14(7-11-17)12-13-19-18(16-8-9-16)15-4-2-1-3-5-15/h1-7,10-11,16,18-20H,8-9,12-13H2. The predicted molar refractivity (Wildman–Crippen MR) is 81.7 cm³/mol. The Bertz CT molecular complexity index is 531. The number of phenolic OH excluding ortho intramolecular Hbond substituents is 1. The third-order valence-electron chi connectivity index (χ3n) is 3.97. The Morgan fingerprint density at radius 2 is 1.70 bits per heavy atom. The molecule has 0 amide bonds. The monoisotopic (exact) mass is 267 g/mol. The first-order valence-electron chi connectivity index (χ1n) is 7.39. The molecule has 1 saturated carbocycles. The number of phenols is 1. The van der Waals surface area contributed by atoms with Crippen molar-refractivity contribution in [3.8, 4) is 5.75 Å². The Morgan fingerprint density at radius 3 is 2.35 bits per heavy atom. The maximum atomic E-state index is 9.28. The fourth-order valence-electron chi connectivity index (χ4n) is 2.68. The van der Waals surface area contributed by atoms with Gasteiger partial charge < -0.3 is 10.4 Å². The molecule has 1 fully saturated rings. The molecular formula is C18H21NO. The van der Waals surface area contributed by atoms with E-state index in [1.807, 2.05) is 12.1 Å². The van der Waals surface area contributed by atoms with E-state index in [-0.39, 0.29) is 0 Å². The minimum absolute atomic E-state index is 0.335. The van der Waals surface area contributed by atoms with Crippen LogP contribution in [-0.4, -0.2) is 11.7 Å². The van der Waals surface area contributed by atoms with E-state index in [1.165, 1.54) is 24.0 Å². The molecule has 2 aromatic rings. The van der Waals surface area contributed by atoms with Crippen LogP contribution >= 0.6 is 0 Å². The third-order valence-corrected chi connectivity index (χ3v) is 3.97. The molecule has 2 nitrogen and oxygen atoms in total. The molecule has 0 radical (unpaired) electrons. The van der Waals surface area contributed by atoms with Crippen molar-refractivity contribution >= 4 is 0 Å². The smallest absolute Gasteiger partial charge is 0.115 e. The molecule has 0 spiro atoms. The second kappa shape index (κ2) is 6.10. The Hall–Kier alpha value is -1.80. The summed E-state index contributed by atoms with van der Waals surface area (Å²) >= 11 is 0. The molecule has 1 atom stereocenters. The topological polar surface area (TPSA) is 32.3 Å². The number of hydrogen-bond donors (Lipinski definition) is 2. The van der Waals surface area contributed by atoms with Gasteiger partial charge in [-0.15, -0.1) is 0 Å². The van der Waals surface area contributed by atoms with Gasteiger partial charge in [0.2, 0.25) is 0 Å². The second-order valence-corrected chi connectivity index (χ2v) is 5.60. The lowest BCUT2D eigenvalue weighted by molar-refractivity contribution is 0.474. The molecule has 0 saturated heterocycles. The van der Waals surface area contributed by atoms with Gasteiger partial charge in [-0.25, -0.2) is 0 Å². The van der Waals surface area contributed by atoms with E-state index in [1.54, 1.807) is 12.1 Å². The molecule has 1 unspecified atom stereocenters. The van der Waals surface area contributed by atoms with E-state index in [0.717, 1.165) is 18.9 Å². The van der Waals surface area contributed by atoms with Gasteiger partial charge in [0.25, 0.3) is 0 Å². The summed E-state index contributed by atoms with van der Waals surface area (Å²) in [7, 11) is 0. The van der Waals surface area contributed by atoms with Crippen molar-refractivity contribution in [1.82, 2.24) is 5.32 Å². The lowest BCUT2D eigenvalue weighted by Crippen LogP contribution is -2.25. The molecule has 3 rings (SSSR count). The zero-order chi connectivity index (χ0) is 13.8. The van der Waals surface area contributed by atoms with Crippen molar-refractivity contribution in [3.05, 3.63) is 65.7 Å². The summed E-state index contributed by atoms with van der Waals surface area (Å²) in [5.41, 5.74) is 2.67. The van der Waals surface area contributed by atoms with E-state index < -0.39 is 0 Å². The molecule has 20 heavy (non-hydrogen) atoms. The molecule has 2 aromatic carbocycles. The lowest BCUT2D eigenvalue weighted by Gasteiger charge is -2.18. The quantitative estimate of drug-likeness (QED) is 0.837. The SMILES string of the molecule is Oc1ccc(CCNC(c2ccccc2)C2CC2)cc1. The summed E-state index contributed by atoms with van der Waals surface area (Å²) in [6.07, 6.45) is 3.67. The van der Waals surface area contributed by atoms with Gasteiger partial charge in [-0.2, -0.15) is 0 Å². The Morgan fingerprint density at radius 1 is 1.00 bits per heavy atom. The normalized spacial score (nSPS) is 16.0. The Labute approximate surface area is 120 Å². The van der Waals surface area contributed by atoms with Gasteiger partial charge in [0.1, 0.15) is 5.75 Å². The summed E-state index contributed by atoms with van der Waals surface area (Å²) in [4.78, 5) is 0. The van der Waals surface area contributed by atoms with Crippen molar-refractivity contribution in [2.45, 2.75) is 25.3 Å². The summed E-state index contributed by atoms with van der Waals surface area (Å²) in [6.45, 7) is 0.973. The molecule has 2 heteroatoms. The summed E-state index contributed by atoms with van der Waals surface area (Å²) in [6, 6.07) is 18.7. The van der Waals surface area contributed by atoms with Crippen LogP contribution in [0.1, 0.15) is 30.0 Å². The van der Waals surface area contributed by atoms with Crippen LogP contribution in [-0.2, 0) is 6.42 Å². The van der Waals surface area contributed by atoms with Crippen molar-refractivity contribution in [2.75, 3.05) is 6.54 Å². The van der Waals surface area contributed by atoms with Crippen LogP contribution < -0.4 is 5.32 Å². The second-order valence-electron chi connectivity index (χ2n) is 5.60. The highest BCUT2D eigenvalue weighted by atomic mass is 16.3. The Balaban J connectivity index is 1.57. The van der Waals surface area contributed by atoms with E-state index in [9.17, 15) is 5.11 Å². The van der Waals surface area contributed by atoms with E-state index >= 15 is 0 Å². The average molecular weight is 267 g/mol. The minimum Gasteiger partial charge on any atom is -0.508 e. The van der Waals surface area contributed by atoms with Gasteiger partial charge in [-0.3, -0.25) is 0 Å². The largest absolute Gasteiger partial charge is 0.508 e. The first-order valence-corrected chi connectivity index (χ1v) is 7.39. The Kier molecular flexibility index (Phi) is 4.03. The maximum Gasteiger partial charge on any atom is 0.115 e. The molecule has 0 bridgehead atoms. The zero-order valence-corrected chi connectivity index (χ0v) is 11.6. The van der Waals surface area contributed by atoms with Gasteiger partial charge in [0.15, 0.2) is 0 Å². The van der Waals surface area contributed by atoms with Crippen LogP contribution in [0.5, 0.6) is 5.75 Å². The first-order chi connectivity index (χ1) is 9.83. The summed E-state index contributed by atoms with van der Waals surface area (Å²) < 4.78 is 0. The highest BCUT2D eigenvalue weighted by Crippen LogP contribution is 2.40. The van der Waals surface area contributed by atoms with Crippen molar-refractivity contribution in [3.63, 3.8) is 0 Å². The van der Waals surface area contributed by atoms with Crippen LogP contribution in [0.15, 0.2) is 54.6 Å². The van der Waals surface area contributed by atoms with E-state index in [4.69, 9.17) is 0 Å². The van der Waals surface area contributed by atoms with Crippen LogP contribution in [0.4, 0.5) is 0 Å². The van der Waals surface area contributed by atoms with Gasteiger partial charge in [0.05, 0.1) is 0 Å². The zero-order valence-electron chi connectivity index (χ0n) is 11.6. The van der Waals surface area contributed by atoms with Crippen molar-refractivity contribution in [2.24, 2.45) is 5.92 Å². The van der Waals surface area contributed by atoms with Crippen molar-refractivity contribution < 1.29 is 5.11 Å². The van der Waals surface area contributed by atoms with E-state index in [0.29, 0.717) is 11.8 Å². The van der Waals surface area contributed by atoms with Gasteiger partial charge in [-0.1, -0.05) is 42.5 Å². The number of hydrogen-bond acceptors (Lipinski definition) is 2. The van der Waals surface area contributed by atoms with Crippen LogP contribution in [0, 0.1) is 5.92 Å². The molecule has 0 aliphatic heterocycles. The molecule has 2 N–H and O–H groups in total. The first kappa shape index (κ1) is 13.2. The van der Waals surface area contributed by atoms with Gasteiger partial charge in [0, 0.05) is 6.04 Å². The molecule has 0 heterocycles. The lowest BCUT2D eigenvalue weighted by atomic mass is 10.0. The summed E-state index contributed by atoms with van der Waals surface area (Å²) in [5.74, 6) is 1.14. The summed E-state index contributed by atoms with van der Waals surface area (Å²) in [5, 5.41) is 13.0. The van der Waals surface area contributed by atoms with Gasteiger partial charge >= 0.3 is 0 Å². The predicted octanol–water partition coefficient (Wildman–Crippen LogP) is 3.68. The van der Waals surface area contributed by atoms with Crippen LogP contribution in [0.3, 0.4) is 0 Å². The highest BCUT2D eigenvalue weighted by molar-refractivity contribution is 5.26. The highest BCUT2D eigenvalue weighted by Gasteiger charge is 2.31. The molecule has 1 aliphatic carbocycles. The van der Waals surface area contributed by atoms with E-state index in [2.05, 4.69) is 35.6 Å². The molecule has 104 valence electrons. The third kappa shape index (κ3) is 3.40. The van der Waals surface area contributed by atoms with Gasteiger partial charge in [-0.05, 0) is 55.0 Å². The van der Waals surface area contributed by atoms with Crippen molar-refractivity contribution in [1.29, 1.82) is 0 Å². The van der Waals surface area contributed by atoms with Crippen LogP contribution in [0.2, 0.25) is 0 Å².